The highest BCUT2D eigenvalue weighted by Crippen LogP contribution is 2.27. The van der Waals surface area contributed by atoms with Gasteiger partial charge in [0, 0.05) is 11.0 Å². The van der Waals surface area contributed by atoms with E-state index in [2.05, 4.69) is 20.8 Å². The van der Waals surface area contributed by atoms with E-state index in [0.717, 1.165) is 17.6 Å². The van der Waals surface area contributed by atoms with Crippen molar-refractivity contribution in [3.63, 3.8) is 0 Å². The maximum atomic E-state index is 9.10. The van der Waals surface area contributed by atoms with Crippen molar-refractivity contribution in [2.75, 3.05) is 39.5 Å². The third kappa shape index (κ3) is 11.2. The van der Waals surface area contributed by atoms with Crippen molar-refractivity contribution in [1.82, 2.24) is 4.90 Å². The molecule has 0 aliphatic carbocycles. The highest BCUT2D eigenvalue weighted by Gasteiger charge is 2.08. The van der Waals surface area contributed by atoms with Gasteiger partial charge in [0.25, 0.3) is 0 Å². The topological polar surface area (TPSA) is 96.3 Å². The number of aliphatic carboxylic acids is 2. The summed E-state index contributed by atoms with van der Waals surface area (Å²) >= 11 is 9.46. The minimum absolute atomic E-state index is 0.529. The molecule has 0 bridgehead atoms. The Morgan fingerprint density at radius 3 is 2.22 bits per heavy atom. The largest absolute Gasteiger partial charge is 0.490 e. The van der Waals surface area contributed by atoms with Gasteiger partial charge < -0.3 is 24.6 Å². The zero-order valence-corrected chi connectivity index (χ0v) is 17.4. The van der Waals surface area contributed by atoms with Crippen LogP contribution in [-0.4, -0.2) is 66.5 Å². The number of carboxylic acid groups (broad SMARTS) is 2. The Morgan fingerprint density at radius 2 is 1.67 bits per heavy atom. The molecule has 0 atom stereocenters. The first-order chi connectivity index (χ1) is 12.9. The lowest BCUT2D eigenvalue weighted by Crippen LogP contribution is -2.29. The van der Waals surface area contributed by atoms with E-state index in [9.17, 15) is 0 Å². The summed E-state index contributed by atoms with van der Waals surface area (Å²) in [5.74, 6) is -2.94. The summed E-state index contributed by atoms with van der Waals surface area (Å²) in [4.78, 5) is 20.7. The van der Waals surface area contributed by atoms with Gasteiger partial charge in [-0.15, -0.1) is 0 Å². The molecule has 1 fully saturated rings. The molecule has 0 radical (unpaired) electrons. The number of hydrogen-bond donors (Lipinski definition) is 2. The zero-order valence-electron chi connectivity index (χ0n) is 15.0. The summed E-state index contributed by atoms with van der Waals surface area (Å²) in [7, 11) is 0. The van der Waals surface area contributed by atoms with E-state index < -0.39 is 11.9 Å². The van der Waals surface area contributed by atoms with E-state index in [4.69, 9.17) is 40.9 Å². The average Bonchev–Trinajstić information content (AvgIpc) is 2.89. The van der Waals surface area contributed by atoms with Crippen LogP contribution in [0.4, 0.5) is 0 Å². The van der Waals surface area contributed by atoms with E-state index >= 15 is 0 Å². The number of ether oxygens (including phenoxy) is 2. The predicted octanol–water partition coefficient (Wildman–Crippen LogP) is 3.53. The molecule has 0 aromatic heterocycles. The van der Waals surface area contributed by atoms with E-state index in [1.54, 1.807) is 0 Å². The first-order valence-corrected chi connectivity index (χ1v) is 9.91. The van der Waals surface area contributed by atoms with Crippen LogP contribution in [0, 0.1) is 0 Å². The smallest absolute Gasteiger partial charge is 0.414 e. The lowest BCUT2D eigenvalue weighted by molar-refractivity contribution is -0.159. The predicted molar refractivity (Wildman–Crippen MR) is 106 cm³/mol. The number of rotatable bonds is 7. The van der Waals surface area contributed by atoms with Crippen molar-refractivity contribution in [1.29, 1.82) is 0 Å². The summed E-state index contributed by atoms with van der Waals surface area (Å²) in [6.07, 6.45) is 5.40. The first kappa shape index (κ1) is 23.7. The molecule has 152 valence electrons. The Kier molecular flexibility index (Phi) is 12.1. The molecular weight excluding hydrogens is 442 g/mol. The van der Waals surface area contributed by atoms with Crippen LogP contribution in [0.5, 0.6) is 5.75 Å². The molecule has 1 aromatic carbocycles. The second-order valence-electron chi connectivity index (χ2n) is 5.90. The molecule has 1 aliphatic rings. The van der Waals surface area contributed by atoms with Crippen LogP contribution in [0.25, 0.3) is 0 Å². The molecule has 1 saturated heterocycles. The summed E-state index contributed by atoms with van der Waals surface area (Å²) in [6.45, 7) is 5.36. The molecule has 1 aliphatic heterocycles. The Balaban J connectivity index is 0.000000527. The van der Waals surface area contributed by atoms with Crippen molar-refractivity contribution < 1.29 is 29.3 Å². The van der Waals surface area contributed by atoms with Crippen LogP contribution in [0.1, 0.15) is 25.7 Å². The number of carboxylic acids is 2. The second kappa shape index (κ2) is 13.8. The summed E-state index contributed by atoms with van der Waals surface area (Å²) < 4.78 is 12.2. The number of likely N-dealkylation sites (tertiary alicyclic amines) is 1. The Bertz CT molecular complexity index is 581. The zero-order chi connectivity index (χ0) is 20.1. The highest BCUT2D eigenvalue weighted by atomic mass is 79.9. The van der Waals surface area contributed by atoms with Crippen LogP contribution in [0.3, 0.4) is 0 Å². The van der Waals surface area contributed by atoms with Crippen molar-refractivity contribution in [2.45, 2.75) is 25.7 Å². The van der Waals surface area contributed by atoms with Gasteiger partial charge >= 0.3 is 11.9 Å². The third-order valence-corrected chi connectivity index (χ3v) is 4.60. The Hall–Kier alpha value is -1.35. The molecule has 0 amide bonds. The molecular formula is C18H25BrClNO6. The molecule has 1 aromatic rings. The maximum Gasteiger partial charge on any atom is 0.414 e. The van der Waals surface area contributed by atoms with Crippen molar-refractivity contribution in [2.24, 2.45) is 0 Å². The summed E-state index contributed by atoms with van der Waals surface area (Å²) in [5, 5.41) is 15.4. The molecule has 9 heteroatoms. The Morgan fingerprint density at radius 1 is 1.04 bits per heavy atom. The minimum atomic E-state index is -1.82. The number of hydrogen-bond acceptors (Lipinski definition) is 5. The van der Waals surface area contributed by atoms with Gasteiger partial charge in [-0.1, -0.05) is 40.4 Å². The van der Waals surface area contributed by atoms with Crippen molar-refractivity contribution in [3.8, 4) is 5.75 Å². The molecule has 0 spiro atoms. The van der Waals surface area contributed by atoms with Gasteiger partial charge in [0.1, 0.15) is 12.4 Å². The van der Waals surface area contributed by atoms with Gasteiger partial charge in [-0.3, -0.25) is 0 Å². The lowest BCUT2D eigenvalue weighted by atomic mass is 10.2. The quantitative estimate of drug-likeness (QED) is 0.469. The molecule has 0 unspecified atom stereocenters. The first-order valence-electron chi connectivity index (χ1n) is 8.74. The second-order valence-corrected chi connectivity index (χ2v) is 7.22. The standard InChI is InChI=1S/C16H23BrClNO2.C2H2O4/c17-14-5-6-16(15(18)13-14)21-12-11-20-10-9-19-7-3-1-2-4-8-19;3-1(4)2(5)6/h5-6,13H,1-4,7-12H2;(H,3,4)(H,5,6). The fourth-order valence-corrected chi connectivity index (χ4v) is 3.19. The molecule has 2 N–H and O–H groups in total. The minimum Gasteiger partial charge on any atom is -0.490 e. The van der Waals surface area contributed by atoms with Gasteiger partial charge in [0.05, 0.1) is 18.2 Å². The van der Waals surface area contributed by atoms with E-state index in [0.29, 0.717) is 24.0 Å². The molecule has 2 rings (SSSR count). The maximum absolute atomic E-state index is 9.10. The van der Waals surface area contributed by atoms with Crippen LogP contribution in [0.15, 0.2) is 22.7 Å². The van der Waals surface area contributed by atoms with Crippen LogP contribution < -0.4 is 4.74 Å². The molecule has 7 nitrogen and oxygen atoms in total. The van der Waals surface area contributed by atoms with Gasteiger partial charge in [-0.05, 0) is 44.1 Å². The number of nitrogens with zero attached hydrogens (tertiary/aromatic N) is 1. The average molecular weight is 467 g/mol. The van der Waals surface area contributed by atoms with Gasteiger partial charge in [-0.25, -0.2) is 9.59 Å². The number of halogens is 2. The Labute approximate surface area is 172 Å². The van der Waals surface area contributed by atoms with Crippen LogP contribution in [0.2, 0.25) is 5.02 Å². The monoisotopic (exact) mass is 465 g/mol. The van der Waals surface area contributed by atoms with E-state index in [1.807, 2.05) is 18.2 Å². The molecule has 1 heterocycles. The highest BCUT2D eigenvalue weighted by molar-refractivity contribution is 9.10. The summed E-state index contributed by atoms with van der Waals surface area (Å²) in [6, 6.07) is 5.61. The SMILES string of the molecule is Clc1cc(Br)ccc1OCCOCCN1CCCCCC1.O=C(O)C(=O)O. The van der Waals surface area contributed by atoms with Crippen LogP contribution in [-0.2, 0) is 14.3 Å². The van der Waals surface area contributed by atoms with Gasteiger partial charge in [-0.2, -0.15) is 0 Å². The fourth-order valence-electron chi connectivity index (χ4n) is 2.46. The lowest BCUT2D eigenvalue weighted by Gasteiger charge is -2.19. The van der Waals surface area contributed by atoms with E-state index in [1.165, 1.54) is 38.8 Å². The fraction of sp³-hybridized carbons (Fsp3) is 0.556. The number of carbonyl (C=O) groups is 2. The van der Waals surface area contributed by atoms with Crippen molar-refractivity contribution >= 4 is 39.5 Å². The van der Waals surface area contributed by atoms with Gasteiger partial charge in [0.15, 0.2) is 0 Å². The number of benzene rings is 1. The third-order valence-electron chi connectivity index (χ3n) is 3.81. The van der Waals surface area contributed by atoms with Crippen molar-refractivity contribution in [3.05, 3.63) is 27.7 Å². The van der Waals surface area contributed by atoms with Gasteiger partial charge in [0.2, 0.25) is 0 Å². The normalized spacial score (nSPS) is 14.6. The summed E-state index contributed by atoms with van der Waals surface area (Å²) in [5.41, 5.74) is 0. The molecule has 27 heavy (non-hydrogen) atoms. The van der Waals surface area contributed by atoms with E-state index in [-0.39, 0.29) is 0 Å². The van der Waals surface area contributed by atoms with Crippen LogP contribution >= 0.6 is 27.5 Å². The molecule has 0 saturated carbocycles.